The van der Waals surface area contributed by atoms with Crippen molar-refractivity contribution in [3.05, 3.63) is 45.9 Å². The fourth-order valence-electron chi connectivity index (χ4n) is 1.28. The zero-order chi connectivity index (χ0) is 12.1. The second-order valence-corrected chi connectivity index (χ2v) is 4.85. The number of amides is 1. The van der Waals surface area contributed by atoms with Crippen molar-refractivity contribution in [3.63, 3.8) is 0 Å². The van der Waals surface area contributed by atoms with Gasteiger partial charge >= 0.3 is 0 Å². The number of carbonyl (C=O) groups excluding carboxylic acids is 1. The molecule has 1 rings (SSSR count). The van der Waals surface area contributed by atoms with Gasteiger partial charge in [-0.2, -0.15) is 0 Å². The maximum absolute atomic E-state index is 11.9. The van der Waals surface area contributed by atoms with Crippen LogP contribution in [0, 0.1) is 0 Å². The van der Waals surface area contributed by atoms with Crippen LogP contribution in [0.25, 0.3) is 0 Å². The first-order chi connectivity index (χ1) is 7.54. The van der Waals surface area contributed by atoms with Crippen molar-refractivity contribution in [3.8, 4) is 0 Å². The van der Waals surface area contributed by atoms with Crippen LogP contribution >= 0.6 is 27.5 Å². The van der Waals surface area contributed by atoms with Gasteiger partial charge in [-0.15, -0.1) is 6.58 Å². The van der Waals surface area contributed by atoms with Gasteiger partial charge in [0.2, 0.25) is 0 Å². The van der Waals surface area contributed by atoms with Crippen molar-refractivity contribution < 1.29 is 4.79 Å². The minimum Gasteiger partial charge on any atom is -0.349 e. The van der Waals surface area contributed by atoms with Gasteiger partial charge in [0.1, 0.15) is 0 Å². The first kappa shape index (κ1) is 13.3. The molecule has 86 valence electrons. The molecule has 0 aliphatic rings. The third-order valence-electron chi connectivity index (χ3n) is 2.07. The molecule has 0 radical (unpaired) electrons. The molecular formula is C12H13BrClNO. The minimum atomic E-state index is -0.166. The average molecular weight is 303 g/mol. The maximum atomic E-state index is 11.9. The van der Waals surface area contributed by atoms with E-state index < -0.39 is 0 Å². The van der Waals surface area contributed by atoms with E-state index in [9.17, 15) is 4.79 Å². The van der Waals surface area contributed by atoms with Crippen LogP contribution in [-0.2, 0) is 0 Å². The summed E-state index contributed by atoms with van der Waals surface area (Å²) in [7, 11) is 0. The van der Waals surface area contributed by atoms with Crippen LogP contribution in [0.2, 0.25) is 5.02 Å². The lowest BCUT2D eigenvalue weighted by Crippen LogP contribution is -2.32. The molecule has 0 aliphatic heterocycles. The molecule has 1 aromatic rings. The summed E-state index contributed by atoms with van der Waals surface area (Å²) >= 11 is 9.26. The zero-order valence-corrected chi connectivity index (χ0v) is 11.3. The number of benzene rings is 1. The number of nitrogens with one attached hydrogen (secondary N) is 1. The topological polar surface area (TPSA) is 29.1 Å². The first-order valence-corrected chi connectivity index (χ1v) is 6.08. The summed E-state index contributed by atoms with van der Waals surface area (Å²) < 4.78 is 0.832. The lowest BCUT2D eigenvalue weighted by Gasteiger charge is -2.12. The summed E-state index contributed by atoms with van der Waals surface area (Å²) in [6.45, 7) is 5.55. The molecule has 0 spiro atoms. The smallest absolute Gasteiger partial charge is 0.253 e. The summed E-state index contributed by atoms with van der Waals surface area (Å²) in [5.41, 5.74) is 0.479. The Morgan fingerprint density at radius 3 is 3.00 bits per heavy atom. The first-order valence-electron chi connectivity index (χ1n) is 4.91. The van der Waals surface area contributed by atoms with Crippen molar-refractivity contribution in [1.82, 2.24) is 5.32 Å². The maximum Gasteiger partial charge on any atom is 0.253 e. The molecule has 4 heteroatoms. The van der Waals surface area contributed by atoms with Gasteiger partial charge in [-0.3, -0.25) is 4.79 Å². The highest BCUT2D eigenvalue weighted by Crippen LogP contribution is 2.21. The fraction of sp³-hybridized carbons (Fsp3) is 0.250. The van der Waals surface area contributed by atoms with E-state index in [-0.39, 0.29) is 11.9 Å². The van der Waals surface area contributed by atoms with Gasteiger partial charge in [-0.1, -0.05) is 33.6 Å². The Kier molecular flexibility index (Phi) is 5.03. The number of hydrogen-bond donors (Lipinski definition) is 1. The van der Waals surface area contributed by atoms with Gasteiger partial charge in [0.15, 0.2) is 0 Å². The highest BCUT2D eigenvalue weighted by Gasteiger charge is 2.12. The van der Waals surface area contributed by atoms with Crippen molar-refractivity contribution in [2.75, 3.05) is 0 Å². The van der Waals surface area contributed by atoms with Gasteiger partial charge < -0.3 is 5.32 Å². The molecule has 2 nitrogen and oxygen atoms in total. The Bertz CT molecular complexity index is 406. The summed E-state index contributed by atoms with van der Waals surface area (Å²) in [4.78, 5) is 11.9. The van der Waals surface area contributed by atoms with Crippen LogP contribution in [0.3, 0.4) is 0 Å². The Hall–Kier alpha value is -0.800. The number of halogens is 2. The van der Waals surface area contributed by atoms with Crippen molar-refractivity contribution >= 4 is 33.4 Å². The molecule has 1 unspecified atom stereocenters. The normalized spacial score (nSPS) is 11.9. The molecule has 1 N–H and O–H groups in total. The van der Waals surface area contributed by atoms with Gasteiger partial charge in [0.05, 0.1) is 10.6 Å². The Balaban J connectivity index is 2.80. The third kappa shape index (κ3) is 3.65. The lowest BCUT2D eigenvalue weighted by atomic mass is 10.2. The van der Waals surface area contributed by atoms with E-state index in [0.717, 1.165) is 10.9 Å². The predicted molar refractivity (Wildman–Crippen MR) is 70.9 cm³/mol. The highest BCUT2D eigenvalue weighted by atomic mass is 79.9. The summed E-state index contributed by atoms with van der Waals surface area (Å²) in [5.74, 6) is -0.166. The molecule has 0 saturated heterocycles. The number of hydrogen-bond acceptors (Lipinski definition) is 1. The highest BCUT2D eigenvalue weighted by molar-refractivity contribution is 9.10. The molecule has 1 atom stereocenters. The molecule has 0 bridgehead atoms. The Labute approximate surface area is 109 Å². The Morgan fingerprint density at radius 2 is 2.38 bits per heavy atom. The SMILES string of the molecule is C=CCC(C)NC(=O)c1cc(Br)ccc1Cl. The molecule has 0 fully saturated rings. The van der Waals surface area contributed by atoms with E-state index in [1.54, 1.807) is 24.3 Å². The van der Waals surface area contributed by atoms with Crippen LogP contribution in [-0.4, -0.2) is 11.9 Å². The van der Waals surface area contributed by atoms with Crippen LogP contribution in [0.5, 0.6) is 0 Å². The van der Waals surface area contributed by atoms with Crippen LogP contribution in [0.4, 0.5) is 0 Å². The lowest BCUT2D eigenvalue weighted by molar-refractivity contribution is 0.0940. The summed E-state index contributed by atoms with van der Waals surface area (Å²) in [6, 6.07) is 5.25. The van der Waals surface area contributed by atoms with Crippen LogP contribution in [0.15, 0.2) is 35.3 Å². The van der Waals surface area contributed by atoms with Gasteiger partial charge in [-0.05, 0) is 31.5 Å². The largest absolute Gasteiger partial charge is 0.349 e. The van der Waals surface area contributed by atoms with Gasteiger partial charge in [0.25, 0.3) is 5.91 Å². The van der Waals surface area contributed by atoms with Crippen molar-refractivity contribution in [2.24, 2.45) is 0 Å². The van der Waals surface area contributed by atoms with E-state index in [2.05, 4.69) is 27.8 Å². The molecule has 0 saturated carbocycles. The average Bonchev–Trinajstić information content (AvgIpc) is 2.21. The van der Waals surface area contributed by atoms with E-state index >= 15 is 0 Å². The van der Waals surface area contributed by atoms with Gasteiger partial charge in [0, 0.05) is 10.5 Å². The molecular weight excluding hydrogens is 289 g/mol. The van der Waals surface area contributed by atoms with Crippen molar-refractivity contribution in [2.45, 2.75) is 19.4 Å². The summed E-state index contributed by atoms with van der Waals surface area (Å²) in [5, 5.41) is 3.30. The van der Waals surface area contributed by atoms with E-state index in [0.29, 0.717) is 10.6 Å². The Morgan fingerprint density at radius 1 is 1.69 bits per heavy atom. The van der Waals surface area contributed by atoms with E-state index in [4.69, 9.17) is 11.6 Å². The van der Waals surface area contributed by atoms with E-state index in [1.165, 1.54) is 0 Å². The molecule has 16 heavy (non-hydrogen) atoms. The molecule has 1 amide bonds. The monoisotopic (exact) mass is 301 g/mol. The molecule has 0 heterocycles. The van der Waals surface area contributed by atoms with Crippen LogP contribution < -0.4 is 5.32 Å². The van der Waals surface area contributed by atoms with Crippen LogP contribution in [0.1, 0.15) is 23.7 Å². The molecule has 1 aromatic carbocycles. The summed E-state index contributed by atoms with van der Waals surface area (Å²) in [6.07, 6.45) is 2.50. The zero-order valence-electron chi connectivity index (χ0n) is 8.97. The second kappa shape index (κ2) is 6.06. The van der Waals surface area contributed by atoms with E-state index in [1.807, 2.05) is 6.92 Å². The predicted octanol–water partition coefficient (Wildman–Crippen LogP) is 3.80. The van der Waals surface area contributed by atoms with Crippen molar-refractivity contribution in [1.29, 1.82) is 0 Å². The number of rotatable bonds is 4. The minimum absolute atomic E-state index is 0.0556. The second-order valence-electron chi connectivity index (χ2n) is 3.52. The molecule has 0 aliphatic carbocycles. The fourth-order valence-corrected chi connectivity index (χ4v) is 1.85. The van der Waals surface area contributed by atoms with Gasteiger partial charge in [-0.25, -0.2) is 0 Å². The third-order valence-corrected chi connectivity index (χ3v) is 2.89. The number of carbonyl (C=O) groups is 1. The standard InChI is InChI=1S/C12H13BrClNO/c1-3-4-8(2)15-12(16)10-7-9(13)5-6-11(10)14/h3,5-8H,1,4H2,2H3,(H,15,16). The quantitative estimate of drug-likeness (QED) is 0.842. The molecule has 0 aromatic heterocycles.